The summed E-state index contributed by atoms with van der Waals surface area (Å²) in [5, 5.41) is 14.7. The zero-order valence-corrected chi connectivity index (χ0v) is 10.7. The zero-order chi connectivity index (χ0) is 15.6. The molecule has 0 radical (unpaired) electrons. The van der Waals surface area contributed by atoms with Crippen LogP contribution in [0.2, 0.25) is 0 Å². The molecule has 0 aliphatic rings. The SMILES string of the molecule is Cc1nc(CNC(=O)c2cc(F)c(F)cc2C(=O)O)no1. The topological polar surface area (TPSA) is 105 Å². The first-order valence-corrected chi connectivity index (χ1v) is 5.68. The molecule has 21 heavy (non-hydrogen) atoms. The van der Waals surface area contributed by atoms with E-state index in [4.69, 9.17) is 5.11 Å². The molecule has 1 aromatic heterocycles. The molecule has 0 aliphatic carbocycles. The predicted octanol–water partition coefficient (Wildman–Crippen LogP) is 1.28. The molecule has 1 aromatic carbocycles. The van der Waals surface area contributed by atoms with Crippen LogP contribution in [0.25, 0.3) is 0 Å². The summed E-state index contributed by atoms with van der Waals surface area (Å²) >= 11 is 0. The van der Waals surface area contributed by atoms with Crippen molar-refractivity contribution < 1.29 is 28.0 Å². The number of hydrogen-bond donors (Lipinski definition) is 2. The number of carbonyl (C=O) groups excluding carboxylic acids is 1. The van der Waals surface area contributed by atoms with Crippen molar-refractivity contribution in [3.05, 3.63) is 46.6 Å². The van der Waals surface area contributed by atoms with Crippen LogP contribution >= 0.6 is 0 Å². The highest BCUT2D eigenvalue weighted by atomic mass is 19.2. The van der Waals surface area contributed by atoms with Gasteiger partial charge in [0.2, 0.25) is 5.89 Å². The van der Waals surface area contributed by atoms with Crippen LogP contribution in [0.5, 0.6) is 0 Å². The molecule has 9 heteroatoms. The van der Waals surface area contributed by atoms with Gasteiger partial charge in [0.25, 0.3) is 5.91 Å². The van der Waals surface area contributed by atoms with E-state index in [0.717, 1.165) is 0 Å². The second-order valence-electron chi connectivity index (χ2n) is 4.03. The molecule has 110 valence electrons. The number of hydrogen-bond acceptors (Lipinski definition) is 5. The summed E-state index contributed by atoms with van der Waals surface area (Å²) in [5.74, 6) is -4.65. The maximum Gasteiger partial charge on any atom is 0.336 e. The number of aryl methyl sites for hydroxylation is 1. The fraction of sp³-hybridized carbons (Fsp3) is 0.167. The van der Waals surface area contributed by atoms with Crippen molar-refractivity contribution in [2.75, 3.05) is 0 Å². The Morgan fingerprint density at radius 2 is 1.90 bits per heavy atom. The number of aromatic nitrogens is 2. The third kappa shape index (κ3) is 3.19. The van der Waals surface area contributed by atoms with E-state index in [-0.39, 0.29) is 12.4 Å². The standard InChI is InChI=1S/C12H9F2N3O4/c1-5-16-10(17-21-5)4-15-11(18)6-2-8(13)9(14)3-7(6)12(19)20/h2-3H,4H2,1H3,(H,15,18)(H,19,20). The van der Waals surface area contributed by atoms with Crippen LogP contribution in [0, 0.1) is 18.6 Å². The monoisotopic (exact) mass is 297 g/mol. The van der Waals surface area contributed by atoms with Gasteiger partial charge in [0.05, 0.1) is 17.7 Å². The van der Waals surface area contributed by atoms with Gasteiger partial charge in [-0.3, -0.25) is 4.79 Å². The molecule has 0 aliphatic heterocycles. The van der Waals surface area contributed by atoms with E-state index in [2.05, 4.69) is 20.0 Å². The van der Waals surface area contributed by atoms with E-state index >= 15 is 0 Å². The van der Waals surface area contributed by atoms with Crippen LogP contribution in [-0.2, 0) is 6.54 Å². The van der Waals surface area contributed by atoms with Gasteiger partial charge in [-0.1, -0.05) is 5.16 Å². The largest absolute Gasteiger partial charge is 0.478 e. The highest BCUT2D eigenvalue weighted by Crippen LogP contribution is 2.15. The molecule has 1 amide bonds. The van der Waals surface area contributed by atoms with Crippen molar-refractivity contribution in [1.82, 2.24) is 15.5 Å². The van der Waals surface area contributed by atoms with Gasteiger partial charge in [-0.15, -0.1) is 0 Å². The van der Waals surface area contributed by atoms with E-state index in [0.29, 0.717) is 18.0 Å². The second-order valence-corrected chi connectivity index (χ2v) is 4.03. The Kier molecular flexibility index (Phi) is 3.92. The van der Waals surface area contributed by atoms with Crippen molar-refractivity contribution >= 4 is 11.9 Å². The summed E-state index contributed by atoms with van der Waals surface area (Å²) in [6.45, 7) is 1.41. The van der Waals surface area contributed by atoms with E-state index in [1.807, 2.05) is 0 Å². The van der Waals surface area contributed by atoms with Gasteiger partial charge in [0.1, 0.15) is 0 Å². The summed E-state index contributed by atoms with van der Waals surface area (Å²) in [5.41, 5.74) is -1.14. The fourth-order valence-electron chi connectivity index (χ4n) is 1.58. The molecule has 0 saturated heterocycles. The average Bonchev–Trinajstić information content (AvgIpc) is 2.84. The molecule has 2 N–H and O–H groups in total. The molecule has 0 fully saturated rings. The summed E-state index contributed by atoms with van der Waals surface area (Å²) in [7, 11) is 0. The van der Waals surface area contributed by atoms with Crippen LogP contribution in [0.4, 0.5) is 8.78 Å². The highest BCUT2D eigenvalue weighted by Gasteiger charge is 2.20. The highest BCUT2D eigenvalue weighted by molar-refractivity contribution is 6.04. The minimum absolute atomic E-state index is 0.145. The summed E-state index contributed by atoms with van der Waals surface area (Å²) in [6.07, 6.45) is 0. The van der Waals surface area contributed by atoms with Crippen molar-refractivity contribution in [3.8, 4) is 0 Å². The maximum absolute atomic E-state index is 13.2. The number of nitrogens with zero attached hydrogens (tertiary/aromatic N) is 2. The number of rotatable bonds is 4. The molecule has 2 rings (SSSR count). The van der Waals surface area contributed by atoms with Crippen LogP contribution in [-0.4, -0.2) is 27.1 Å². The lowest BCUT2D eigenvalue weighted by atomic mass is 10.1. The van der Waals surface area contributed by atoms with Crippen molar-refractivity contribution in [1.29, 1.82) is 0 Å². The normalized spacial score (nSPS) is 10.4. The molecule has 0 saturated carbocycles. The van der Waals surface area contributed by atoms with Crippen molar-refractivity contribution in [3.63, 3.8) is 0 Å². The van der Waals surface area contributed by atoms with E-state index in [9.17, 15) is 18.4 Å². The lowest BCUT2D eigenvalue weighted by Crippen LogP contribution is -2.26. The van der Waals surface area contributed by atoms with Gasteiger partial charge in [0.15, 0.2) is 17.5 Å². The number of benzene rings is 1. The van der Waals surface area contributed by atoms with Gasteiger partial charge in [0, 0.05) is 6.92 Å². The first-order valence-electron chi connectivity index (χ1n) is 5.68. The van der Waals surface area contributed by atoms with E-state index in [1.165, 1.54) is 0 Å². The summed E-state index contributed by atoms with van der Waals surface area (Å²) < 4.78 is 30.9. The summed E-state index contributed by atoms with van der Waals surface area (Å²) in [4.78, 5) is 26.6. The Morgan fingerprint density at radius 1 is 1.29 bits per heavy atom. The van der Waals surface area contributed by atoms with Crippen LogP contribution in [0.3, 0.4) is 0 Å². The van der Waals surface area contributed by atoms with Gasteiger partial charge < -0.3 is 14.9 Å². The minimum Gasteiger partial charge on any atom is -0.478 e. The van der Waals surface area contributed by atoms with Crippen LogP contribution in [0.15, 0.2) is 16.7 Å². The summed E-state index contributed by atoms with van der Waals surface area (Å²) in [6, 6.07) is 0.973. The molecule has 0 unspecified atom stereocenters. The van der Waals surface area contributed by atoms with Gasteiger partial charge in [-0.25, -0.2) is 13.6 Å². The van der Waals surface area contributed by atoms with E-state index in [1.54, 1.807) is 6.92 Å². The molecule has 1 heterocycles. The fourth-order valence-corrected chi connectivity index (χ4v) is 1.58. The molecule has 7 nitrogen and oxygen atoms in total. The quantitative estimate of drug-likeness (QED) is 0.880. The number of carboxylic acids is 1. The number of nitrogens with one attached hydrogen (secondary N) is 1. The third-order valence-corrected chi connectivity index (χ3v) is 2.51. The first kappa shape index (κ1) is 14.6. The smallest absolute Gasteiger partial charge is 0.336 e. The van der Waals surface area contributed by atoms with Gasteiger partial charge in [-0.2, -0.15) is 4.98 Å². The Balaban J connectivity index is 2.22. The average molecular weight is 297 g/mol. The lowest BCUT2D eigenvalue weighted by Gasteiger charge is -2.07. The third-order valence-electron chi connectivity index (χ3n) is 2.51. The van der Waals surface area contributed by atoms with Crippen LogP contribution < -0.4 is 5.32 Å². The number of aromatic carboxylic acids is 1. The van der Waals surface area contributed by atoms with Crippen LogP contribution in [0.1, 0.15) is 32.4 Å². The number of halogens is 2. The Bertz CT molecular complexity index is 715. The maximum atomic E-state index is 13.2. The Hall–Kier alpha value is -2.84. The lowest BCUT2D eigenvalue weighted by molar-refractivity contribution is 0.0690. The Labute approximate surface area is 116 Å². The predicted molar refractivity (Wildman–Crippen MR) is 63.5 cm³/mol. The molecule has 2 aromatic rings. The molecule has 0 spiro atoms. The Morgan fingerprint density at radius 3 is 2.43 bits per heavy atom. The van der Waals surface area contributed by atoms with Crippen molar-refractivity contribution in [2.24, 2.45) is 0 Å². The minimum atomic E-state index is -1.55. The van der Waals surface area contributed by atoms with E-state index < -0.39 is 34.6 Å². The molecule has 0 atom stereocenters. The molecular formula is C12H9F2N3O4. The molecule has 0 bridgehead atoms. The van der Waals surface area contributed by atoms with Crippen molar-refractivity contribution in [2.45, 2.75) is 13.5 Å². The number of carboxylic acid groups (broad SMARTS) is 1. The number of amides is 1. The van der Waals surface area contributed by atoms with Gasteiger partial charge >= 0.3 is 5.97 Å². The second kappa shape index (κ2) is 5.65. The zero-order valence-electron chi connectivity index (χ0n) is 10.7. The first-order chi connectivity index (χ1) is 9.88. The number of carbonyl (C=O) groups is 2. The van der Waals surface area contributed by atoms with Gasteiger partial charge in [-0.05, 0) is 12.1 Å². The molecular weight excluding hydrogens is 288 g/mol.